The first-order valence-electron chi connectivity index (χ1n) is 10.8. The number of imidazole rings is 1. The molecule has 1 heterocycles. The molecule has 0 aliphatic rings. The van der Waals surface area contributed by atoms with Gasteiger partial charge in [-0.3, -0.25) is 0 Å². The van der Waals surface area contributed by atoms with Gasteiger partial charge in [0, 0.05) is 12.2 Å². The van der Waals surface area contributed by atoms with Crippen LogP contribution >= 0.6 is 12.4 Å². The van der Waals surface area contributed by atoms with Crippen LogP contribution in [0.1, 0.15) is 35.2 Å². The molecular formula is C27H27ClN3O2-. The fraction of sp³-hybridized carbons (Fsp3) is 0.185. The predicted molar refractivity (Wildman–Crippen MR) is 130 cm³/mol. The van der Waals surface area contributed by atoms with Crippen molar-refractivity contribution >= 4 is 18.4 Å². The van der Waals surface area contributed by atoms with Crippen LogP contribution in [0.25, 0.3) is 0 Å². The summed E-state index contributed by atoms with van der Waals surface area (Å²) >= 11 is 0. The van der Waals surface area contributed by atoms with Crippen molar-refractivity contribution in [1.82, 2.24) is 9.55 Å². The van der Waals surface area contributed by atoms with Crippen LogP contribution in [0.4, 0.5) is 0 Å². The summed E-state index contributed by atoms with van der Waals surface area (Å²) < 4.78 is 2.15. The molecule has 0 spiro atoms. The van der Waals surface area contributed by atoms with Crippen LogP contribution in [0.15, 0.2) is 104 Å². The summed E-state index contributed by atoms with van der Waals surface area (Å²) in [6, 6.07) is 30.2. The summed E-state index contributed by atoms with van der Waals surface area (Å²) in [7, 11) is 0. The predicted octanol–water partition coefficient (Wildman–Crippen LogP) is 3.55. The van der Waals surface area contributed by atoms with Crippen molar-refractivity contribution in [3.8, 4) is 0 Å². The van der Waals surface area contributed by atoms with E-state index in [1.807, 2.05) is 24.5 Å². The normalized spacial score (nSPS) is 12.0. The molecule has 0 fully saturated rings. The zero-order chi connectivity index (χ0) is 22.4. The number of aryl methyl sites for hydroxylation is 1. The van der Waals surface area contributed by atoms with Crippen LogP contribution in [-0.4, -0.2) is 21.6 Å². The Morgan fingerprint density at radius 1 is 0.879 bits per heavy atom. The molecule has 3 aromatic carbocycles. The Balaban J connectivity index is 0.00000306. The van der Waals surface area contributed by atoms with E-state index in [0.29, 0.717) is 19.3 Å². The molecule has 0 radical (unpaired) electrons. The highest BCUT2D eigenvalue weighted by atomic mass is 35.5. The molecule has 0 bridgehead atoms. The van der Waals surface area contributed by atoms with Crippen molar-refractivity contribution in [3.05, 3.63) is 126 Å². The molecular weight excluding hydrogens is 434 g/mol. The number of hydrogen-bond acceptors (Lipinski definition) is 4. The number of carbonyl (C=O) groups is 1. The average Bonchev–Trinajstić information content (AvgIpc) is 3.30. The highest BCUT2D eigenvalue weighted by molar-refractivity contribution is 5.85. The Kier molecular flexibility index (Phi) is 8.04. The summed E-state index contributed by atoms with van der Waals surface area (Å²) in [4.78, 5) is 15.6. The Labute approximate surface area is 200 Å². The van der Waals surface area contributed by atoms with Crippen LogP contribution in [-0.2, 0) is 16.8 Å². The number of nitrogens with zero attached hydrogens (tertiary/aromatic N) is 2. The molecule has 1 aromatic heterocycles. The summed E-state index contributed by atoms with van der Waals surface area (Å²) in [6.45, 7) is 0. The van der Waals surface area contributed by atoms with E-state index >= 15 is 0 Å². The molecule has 0 amide bonds. The van der Waals surface area contributed by atoms with Gasteiger partial charge >= 0.3 is 0 Å². The van der Waals surface area contributed by atoms with Gasteiger partial charge in [-0.25, -0.2) is 4.98 Å². The van der Waals surface area contributed by atoms with Gasteiger partial charge in [0.2, 0.25) is 0 Å². The Bertz CT molecular complexity index is 1050. The average molecular weight is 461 g/mol. The Hall–Kier alpha value is -3.41. The molecule has 2 N–H and O–H groups in total. The lowest BCUT2D eigenvalue weighted by atomic mass is 9.77. The minimum Gasteiger partial charge on any atom is -0.548 e. The number of hydrogen-bond donors (Lipinski definition) is 1. The maximum atomic E-state index is 10.9. The summed E-state index contributed by atoms with van der Waals surface area (Å²) in [5.41, 5.74) is 9.26. The fourth-order valence-electron chi connectivity index (χ4n) is 4.28. The molecule has 5 nitrogen and oxygen atoms in total. The number of carboxylic acid groups (broad SMARTS) is 1. The smallest absolute Gasteiger partial charge is 0.121 e. The van der Waals surface area contributed by atoms with Gasteiger partial charge in [-0.2, -0.15) is 0 Å². The van der Waals surface area contributed by atoms with Crippen LogP contribution in [0.3, 0.4) is 0 Å². The van der Waals surface area contributed by atoms with Gasteiger partial charge in [-0.15, -0.1) is 12.4 Å². The number of benzene rings is 3. The van der Waals surface area contributed by atoms with Gasteiger partial charge in [-0.1, -0.05) is 91.0 Å². The highest BCUT2D eigenvalue weighted by Gasteiger charge is 2.38. The standard InChI is InChI=1S/C27H27N3O2.ClH/c28-25(26(31)32)18-10-17-24-19-30(20-29-24)27(21-11-4-1-5-12-21,22-13-6-2-7-14-22)23-15-8-3-9-16-23;/h1-9,11-16,19-20,25H,10,17-18,28H2,(H,31,32);1H/p-1/t25-;/m0./s1. The monoisotopic (exact) mass is 460 g/mol. The molecule has 0 aliphatic carbocycles. The first kappa shape index (κ1) is 24.2. The third kappa shape index (κ3) is 5.00. The van der Waals surface area contributed by atoms with Crippen LogP contribution in [0, 0.1) is 0 Å². The molecule has 0 aliphatic heterocycles. The number of nitrogens with two attached hydrogens (primary N) is 1. The fourth-order valence-corrected chi connectivity index (χ4v) is 4.28. The number of aromatic nitrogens is 2. The zero-order valence-electron chi connectivity index (χ0n) is 18.2. The summed E-state index contributed by atoms with van der Waals surface area (Å²) in [5, 5.41) is 10.9. The summed E-state index contributed by atoms with van der Waals surface area (Å²) in [5.74, 6) is -1.22. The first-order chi connectivity index (χ1) is 15.6. The van der Waals surface area contributed by atoms with E-state index in [2.05, 4.69) is 88.5 Å². The molecule has 4 aromatic rings. The van der Waals surface area contributed by atoms with E-state index in [0.717, 1.165) is 22.4 Å². The van der Waals surface area contributed by atoms with Crippen LogP contribution in [0.5, 0.6) is 0 Å². The van der Waals surface area contributed by atoms with Crippen molar-refractivity contribution in [3.63, 3.8) is 0 Å². The first-order valence-corrected chi connectivity index (χ1v) is 10.8. The van der Waals surface area contributed by atoms with E-state index in [9.17, 15) is 9.90 Å². The summed E-state index contributed by atoms with van der Waals surface area (Å²) in [6.07, 6.45) is 5.54. The largest absolute Gasteiger partial charge is 0.548 e. The maximum Gasteiger partial charge on any atom is 0.121 e. The molecule has 0 saturated heterocycles. The minimum atomic E-state index is -1.22. The van der Waals surface area contributed by atoms with Crippen molar-refractivity contribution < 1.29 is 9.90 Å². The van der Waals surface area contributed by atoms with Gasteiger partial charge in [0.25, 0.3) is 0 Å². The Morgan fingerprint density at radius 3 is 1.76 bits per heavy atom. The third-order valence-electron chi connectivity index (χ3n) is 5.85. The molecule has 33 heavy (non-hydrogen) atoms. The minimum absolute atomic E-state index is 0. The SMILES string of the molecule is Cl.N[C@@H](CCCc1cn(C(c2ccccc2)(c2ccccc2)c2ccccc2)cn1)C(=O)[O-]. The lowest BCUT2D eigenvalue weighted by molar-refractivity contribution is -0.307. The molecule has 1 atom stereocenters. The number of aliphatic carboxylic acids is 1. The topological polar surface area (TPSA) is 84.0 Å². The third-order valence-corrected chi connectivity index (χ3v) is 5.85. The molecule has 0 saturated carbocycles. The molecule has 0 unspecified atom stereocenters. The van der Waals surface area contributed by atoms with Gasteiger partial charge in [0.05, 0.1) is 18.0 Å². The number of carboxylic acids is 1. The van der Waals surface area contributed by atoms with Crippen LogP contribution < -0.4 is 10.8 Å². The van der Waals surface area contributed by atoms with Crippen molar-refractivity contribution in [2.24, 2.45) is 5.73 Å². The zero-order valence-corrected chi connectivity index (χ0v) is 19.0. The lowest BCUT2D eigenvalue weighted by Crippen LogP contribution is -2.41. The van der Waals surface area contributed by atoms with Gasteiger partial charge in [-0.05, 0) is 36.0 Å². The second-order valence-corrected chi connectivity index (χ2v) is 7.90. The van der Waals surface area contributed by atoms with E-state index in [-0.39, 0.29) is 12.4 Å². The van der Waals surface area contributed by atoms with E-state index in [1.165, 1.54) is 0 Å². The van der Waals surface area contributed by atoms with E-state index < -0.39 is 17.6 Å². The molecule has 170 valence electrons. The second-order valence-electron chi connectivity index (χ2n) is 7.90. The number of carbonyl (C=O) groups excluding carboxylic acids is 1. The van der Waals surface area contributed by atoms with Crippen molar-refractivity contribution in [2.45, 2.75) is 30.8 Å². The Morgan fingerprint density at radius 2 is 1.33 bits per heavy atom. The second kappa shape index (κ2) is 10.9. The molecule has 4 rings (SSSR count). The van der Waals surface area contributed by atoms with Gasteiger partial charge in [0.1, 0.15) is 5.54 Å². The highest BCUT2D eigenvalue weighted by Crippen LogP contribution is 2.40. The van der Waals surface area contributed by atoms with Gasteiger partial charge < -0.3 is 20.2 Å². The van der Waals surface area contributed by atoms with Crippen molar-refractivity contribution in [1.29, 1.82) is 0 Å². The maximum absolute atomic E-state index is 10.9. The van der Waals surface area contributed by atoms with Gasteiger partial charge in [0.15, 0.2) is 0 Å². The lowest BCUT2D eigenvalue weighted by Gasteiger charge is -2.37. The van der Waals surface area contributed by atoms with Crippen LogP contribution in [0.2, 0.25) is 0 Å². The number of halogens is 1. The van der Waals surface area contributed by atoms with E-state index in [1.54, 1.807) is 0 Å². The van der Waals surface area contributed by atoms with Crippen molar-refractivity contribution in [2.75, 3.05) is 0 Å². The van der Waals surface area contributed by atoms with E-state index in [4.69, 9.17) is 5.73 Å². The molecule has 6 heteroatoms. The number of rotatable bonds is 9. The quantitative estimate of drug-likeness (QED) is 0.387.